The molecule has 26 heteroatoms. The summed E-state index contributed by atoms with van der Waals surface area (Å²) in [5.74, 6) is -8.36. The lowest BCUT2D eigenvalue weighted by Gasteiger charge is -2.50. The number of carbonyl (C=O) groups is 5. The number of esters is 3. The Bertz CT molecular complexity index is 1750. The van der Waals surface area contributed by atoms with Crippen LogP contribution in [0.1, 0.15) is 64.2 Å². The molecule has 21 atom stereocenters. The van der Waals surface area contributed by atoms with Gasteiger partial charge in [0.25, 0.3) is 0 Å². The average molecular weight is 984 g/mol. The SMILES string of the molecule is O=C(O)CC(=O)OC[C@H]1O[C@@H](OC2CC(O)CC3[OH+]C(C4CC(O)C(O)C(O)C4)C(O[C@@H]4O[C@H](COC(=O)C=CC5CCC(O)C(O)C5)[C@@H](O)[C@H](O)[C@H]4O)CC23)[C@H](O)[C@@H](O)[C@@H]1OC(=O)CC(=O)O. The number of hydrogen-bond donors (Lipinski definition) is 13. The molecular formula is C42H63O26+. The summed E-state index contributed by atoms with van der Waals surface area (Å²) < 4.78 is 44.6. The van der Waals surface area contributed by atoms with Crippen molar-refractivity contribution in [2.24, 2.45) is 17.8 Å². The Morgan fingerprint density at radius 3 is 1.82 bits per heavy atom. The molecule has 0 radical (unpaired) electrons. The van der Waals surface area contributed by atoms with Crippen molar-refractivity contribution < 1.29 is 128 Å². The number of aliphatic hydroxyl groups is 13. The van der Waals surface area contributed by atoms with Gasteiger partial charge in [-0.15, -0.1) is 0 Å². The smallest absolute Gasteiger partial charge is 0.330 e. The molecule has 3 heterocycles. The summed E-state index contributed by atoms with van der Waals surface area (Å²) in [5.41, 5.74) is 0. The van der Waals surface area contributed by atoms with Crippen LogP contribution in [0.5, 0.6) is 0 Å². The highest BCUT2D eigenvalue weighted by atomic mass is 16.7. The van der Waals surface area contributed by atoms with Gasteiger partial charge in [-0.2, -0.15) is 0 Å². The maximum absolute atomic E-state index is 12.7. The third-order valence-corrected chi connectivity index (χ3v) is 13.5. The molecule has 0 spiro atoms. The zero-order valence-electron chi connectivity index (χ0n) is 36.6. The van der Waals surface area contributed by atoms with Gasteiger partial charge in [-0.3, -0.25) is 19.2 Å². The summed E-state index contributed by atoms with van der Waals surface area (Å²) in [7, 11) is 0. The van der Waals surface area contributed by atoms with Crippen LogP contribution >= 0.6 is 0 Å². The van der Waals surface area contributed by atoms with Crippen LogP contribution < -0.4 is 0 Å². The topological polar surface area (TPSA) is 426 Å². The van der Waals surface area contributed by atoms with E-state index in [4.69, 9.17) is 48.1 Å². The fourth-order valence-corrected chi connectivity index (χ4v) is 9.93. The van der Waals surface area contributed by atoms with Gasteiger partial charge in [0.15, 0.2) is 30.9 Å². The highest BCUT2D eigenvalue weighted by Gasteiger charge is 2.58. The van der Waals surface area contributed by atoms with Gasteiger partial charge in [0.05, 0.1) is 42.5 Å². The van der Waals surface area contributed by atoms with E-state index in [9.17, 15) is 80.1 Å². The lowest BCUT2D eigenvalue weighted by molar-refractivity contribution is -0.368. The summed E-state index contributed by atoms with van der Waals surface area (Å²) in [6.07, 6.45) is -28.6. The fourth-order valence-electron chi connectivity index (χ4n) is 9.93. The monoisotopic (exact) mass is 983 g/mol. The third kappa shape index (κ3) is 13.4. The summed E-state index contributed by atoms with van der Waals surface area (Å²) in [4.78, 5) is 59.4. The predicted molar refractivity (Wildman–Crippen MR) is 216 cm³/mol. The lowest BCUT2D eigenvalue weighted by atomic mass is 9.72. The summed E-state index contributed by atoms with van der Waals surface area (Å²) in [6.45, 7) is -1.51. The largest absolute Gasteiger partial charge is 0.481 e. The number of allylic oxidation sites excluding steroid dienone is 1. The molecule has 11 unspecified atom stereocenters. The molecule has 3 saturated heterocycles. The second kappa shape index (κ2) is 23.6. The second-order valence-corrected chi connectivity index (χ2v) is 18.5. The van der Waals surface area contributed by atoms with E-state index < -0.39 is 190 Å². The van der Waals surface area contributed by atoms with E-state index >= 15 is 0 Å². The molecule has 0 aromatic rings. The second-order valence-electron chi connectivity index (χ2n) is 18.5. The quantitative estimate of drug-likeness (QED) is 0.0225. The Morgan fingerprint density at radius 1 is 0.574 bits per heavy atom. The molecule has 3 aliphatic carbocycles. The fraction of sp³-hybridized carbons (Fsp3) is 0.833. The van der Waals surface area contributed by atoms with Crippen LogP contribution in [0.2, 0.25) is 0 Å². The molecule has 6 aliphatic rings. The highest BCUT2D eigenvalue weighted by Crippen LogP contribution is 2.44. The van der Waals surface area contributed by atoms with Crippen molar-refractivity contribution >= 4 is 29.8 Å². The number of carbonyl (C=O) groups excluding carboxylic acids is 3. The maximum Gasteiger partial charge on any atom is 0.330 e. The Labute approximate surface area is 387 Å². The lowest BCUT2D eigenvalue weighted by Crippen LogP contribution is -2.65. The van der Waals surface area contributed by atoms with Crippen LogP contribution in [0.3, 0.4) is 0 Å². The van der Waals surface area contributed by atoms with E-state index in [-0.39, 0.29) is 44.4 Å². The summed E-state index contributed by atoms with van der Waals surface area (Å²) in [5, 5.41) is 136. The van der Waals surface area contributed by atoms with E-state index in [0.29, 0.717) is 12.8 Å². The molecular weight excluding hydrogens is 920 g/mol. The predicted octanol–water partition coefficient (Wildman–Crippen LogP) is -6.03. The van der Waals surface area contributed by atoms with Crippen LogP contribution in [0.25, 0.3) is 0 Å². The van der Waals surface area contributed by atoms with Crippen LogP contribution in [0.15, 0.2) is 12.2 Å². The van der Waals surface area contributed by atoms with Gasteiger partial charge in [0.1, 0.15) is 81.0 Å². The molecule has 6 rings (SSSR count). The summed E-state index contributed by atoms with van der Waals surface area (Å²) in [6, 6.07) is 0. The Balaban J connectivity index is 1.20. The molecule has 26 nitrogen and oxygen atoms in total. The van der Waals surface area contributed by atoms with E-state index in [1.54, 1.807) is 0 Å². The molecule has 14 N–H and O–H groups in total. The first-order chi connectivity index (χ1) is 32.1. The van der Waals surface area contributed by atoms with Crippen LogP contribution in [0, 0.1) is 17.8 Å². The number of carboxylic acid groups (broad SMARTS) is 2. The number of carboxylic acids is 2. The average Bonchev–Trinajstić information content (AvgIpc) is 3.26. The molecule has 0 aromatic carbocycles. The van der Waals surface area contributed by atoms with Crippen molar-refractivity contribution in [1.29, 1.82) is 0 Å². The molecule has 0 bridgehead atoms. The standard InChI is InChI=1S/C42H62O26/c43-17-8-23-18(24(9-17)64-42-38(60)36(58)40(68-32(54)12-29(50)51)27(67-42)14-62-31(53)11-28(48)49)10-25(39(63-23)16-6-21(46)33(55)22(47)7-16)65-41-37(59)35(57)34(56)26(66-41)13-61-30(52)4-2-15-1-3-19(44)20(45)5-15/h2,4,15-27,33-47,55-60H,1,3,5-14H2,(H,48,49)(H,50,51)/p+1/t15?,16?,17?,18?,19?,20?,21?,22?,23?,24?,25?,26-,27-,33?,34-,35+,36-,37-,38-,39?,40-,41-,42-/m1/s1. The van der Waals surface area contributed by atoms with Crippen molar-refractivity contribution in [2.45, 2.75) is 187 Å². The maximum atomic E-state index is 12.7. The van der Waals surface area contributed by atoms with Crippen molar-refractivity contribution in [2.75, 3.05) is 13.2 Å². The number of hydrogen-bond acceptors (Lipinski definition) is 23. The van der Waals surface area contributed by atoms with Gasteiger partial charge in [0.2, 0.25) is 0 Å². The first kappa shape index (κ1) is 53.8. The van der Waals surface area contributed by atoms with Crippen molar-refractivity contribution in [3.63, 3.8) is 0 Å². The number of ether oxygens (including phenoxy) is 8. The van der Waals surface area contributed by atoms with E-state index in [2.05, 4.69) is 0 Å². The van der Waals surface area contributed by atoms with Crippen LogP contribution in [0.4, 0.5) is 0 Å². The molecule has 68 heavy (non-hydrogen) atoms. The van der Waals surface area contributed by atoms with Gasteiger partial charge in [-0.25, -0.2) is 4.79 Å². The first-order valence-corrected chi connectivity index (χ1v) is 22.5. The third-order valence-electron chi connectivity index (χ3n) is 13.5. The van der Waals surface area contributed by atoms with Gasteiger partial charge in [0, 0.05) is 24.8 Å². The van der Waals surface area contributed by atoms with E-state index in [1.807, 2.05) is 0 Å². The molecule has 0 amide bonds. The normalized spacial score (nSPS) is 44.3. The van der Waals surface area contributed by atoms with Gasteiger partial charge >= 0.3 is 29.8 Å². The highest BCUT2D eigenvalue weighted by molar-refractivity contribution is 5.90. The number of aliphatic hydroxyl groups excluding tert-OH is 11. The zero-order valence-corrected chi connectivity index (χ0v) is 36.6. The minimum atomic E-state index is -2.08. The number of fused-ring (bicyclic) bond motifs is 1. The minimum Gasteiger partial charge on any atom is -0.481 e. The van der Waals surface area contributed by atoms with E-state index in [1.165, 1.54) is 6.08 Å². The first-order valence-electron chi connectivity index (χ1n) is 22.5. The molecule has 3 saturated carbocycles. The molecule has 0 aromatic heterocycles. The number of aliphatic carboxylic acids is 2. The molecule has 386 valence electrons. The van der Waals surface area contributed by atoms with Crippen molar-refractivity contribution in [3.8, 4) is 0 Å². The van der Waals surface area contributed by atoms with Crippen molar-refractivity contribution in [3.05, 3.63) is 12.2 Å². The Kier molecular flexibility index (Phi) is 18.7. The van der Waals surface area contributed by atoms with Crippen molar-refractivity contribution in [1.82, 2.24) is 0 Å². The molecule has 3 aliphatic heterocycles. The van der Waals surface area contributed by atoms with E-state index in [0.717, 1.165) is 6.08 Å². The van der Waals surface area contributed by atoms with Gasteiger partial charge in [-0.05, 0) is 44.4 Å². The summed E-state index contributed by atoms with van der Waals surface area (Å²) >= 11 is 0. The zero-order chi connectivity index (χ0) is 49.7. The number of rotatable bonds is 16. The van der Waals surface area contributed by atoms with Crippen LogP contribution in [-0.2, 0) is 57.1 Å². The Morgan fingerprint density at radius 2 is 1.18 bits per heavy atom. The van der Waals surface area contributed by atoms with Crippen LogP contribution in [-0.4, -0.2) is 237 Å². The van der Waals surface area contributed by atoms with Gasteiger partial charge < -0.3 is 104 Å². The molecule has 6 fully saturated rings. The van der Waals surface area contributed by atoms with Gasteiger partial charge in [-0.1, -0.05) is 6.08 Å². The minimum absolute atomic E-state index is 0.0350. The Hall–Kier alpha value is -3.55.